The molecule has 0 aliphatic heterocycles. The van der Waals surface area contributed by atoms with Crippen LogP contribution in [0.15, 0.2) is 54.9 Å². The number of benzene rings is 1. The zero-order valence-corrected chi connectivity index (χ0v) is 16.0. The zero-order chi connectivity index (χ0) is 19.8. The molecule has 1 aromatic carbocycles. The van der Waals surface area contributed by atoms with Gasteiger partial charge in [-0.2, -0.15) is 0 Å². The van der Waals surface area contributed by atoms with E-state index in [2.05, 4.69) is 25.6 Å². The molecule has 28 heavy (non-hydrogen) atoms. The topological polar surface area (TPSA) is 89.0 Å². The Morgan fingerprint density at radius 1 is 1.11 bits per heavy atom. The molecule has 144 valence electrons. The minimum atomic E-state index is -0.245. The van der Waals surface area contributed by atoms with Crippen molar-refractivity contribution in [2.24, 2.45) is 0 Å². The highest BCUT2D eigenvalue weighted by Crippen LogP contribution is 2.13. The van der Waals surface area contributed by atoms with Crippen molar-refractivity contribution in [3.05, 3.63) is 77.4 Å². The first-order valence-corrected chi connectivity index (χ1v) is 9.03. The second-order valence-corrected chi connectivity index (χ2v) is 6.29. The highest BCUT2D eigenvalue weighted by atomic mass is 16.5. The number of aryl methyl sites for hydroxylation is 1. The number of ether oxygens (including phenoxy) is 1. The second-order valence-electron chi connectivity index (χ2n) is 6.29. The quantitative estimate of drug-likeness (QED) is 0.627. The first-order chi connectivity index (χ1) is 13.6. The fraction of sp³-hybridized carbons (Fsp3) is 0.238. The summed E-state index contributed by atoms with van der Waals surface area (Å²) in [6, 6.07) is 13.3. The van der Waals surface area contributed by atoms with Crippen LogP contribution >= 0.6 is 0 Å². The van der Waals surface area contributed by atoms with Crippen LogP contribution in [0, 0.1) is 6.92 Å². The molecule has 0 saturated carbocycles. The highest BCUT2D eigenvalue weighted by Gasteiger charge is 2.10. The molecular formula is C21H23N5O2. The van der Waals surface area contributed by atoms with Crippen LogP contribution in [0.3, 0.4) is 0 Å². The Hall–Kier alpha value is -3.48. The number of anilines is 1. The molecule has 0 radical (unpaired) electrons. The van der Waals surface area contributed by atoms with Gasteiger partial charge < -0.3 is 15.4 Å². The van der Waals surface area contributed by atoms with E-state index in [0.29, 0.717) is 24.7 Å². The maximum Gasteiger partial charge on any atom is 0.270 e. The maximum absolute atomic E-state index is 12.4. The fourth-order valence-corrected chi connectivity index (χ4v) is 2.69. The number of rotatable bonds is 8. The van der Waals surface area contributed by atoms with Crippen LogP contribution in [0.5, 0.6) is 5.75 Å². The number of methoxy groups -OCH3 is 1. The van der Waals surface area contributed by atoms with Gasteiger partial charge in [-0.05, 0) is 48.7 Å². The standard InChI is InChI=1S/C21H23N5O2/c1-15-11-19(20(27)24-14-17-6-4-9-22-13-17)26-21(25-15)23-10-8-16-5-3-7-18(12-16)28-2/h3-7,9,11-13H,8,10,14H2,1-2H3,(H,24,27)(H,23,25,26). The molecule has 3 rings (SSSR count). The minimum absolute atomic E-state index is 0.245. The monoisotopic (exact) mass is 377 g/mol. The van der Waals surface area contributed by atoms with Gasteiger partial charge in [-0.15, -0.1) is 0 Å². The second kappa shape index (κ2) is 9.45. The van der Waals surface area contributed by atoms with E-state index in [1.807, 2.05) is 43.3 Å². The van der Waals surface area contributed by atoms with Gasteiger partial charge in [0.1, 0.15) is 11.4 Å². The van der Waals surface area contributed by atoms with Crippen LogP contribution < -0.4 is 15.4 Å². The number of nitrogens with one attached hydrogen (secondary N) is 2. The molecule has 0 saturated heterocycles. The first kappa shape index (κ1) is 19.3. The molecule has 1 amide bonds. The lowest BCUT2D eigenvalue weighted by molar-refractivity contribution is 0.0945. The van der Waals surface area contributed by atoms with Gasteiger partial charge in [-0.25, -0.2) is 9.97 Å². The van der Waals surface area contributed by atoms with E-state index in [9.17, 15) is 4.79 Å². The molecule has 3 aromatic rings. The van der Waals surface area contributed by atoms with Crippen molar-refractivity contribution in [2.75, 3.05) is 19.0 Å². The summed E-state index contributed by atoms with van der Waals surface area (Å²) in [4.78, 5) is 25.2. The summed E-state index contributed by atoms with van der Waals surface area (Å²) in [5, 5.41) is 6.04. The zero-order valence-electron chi connectivity index (χ0n) is 16.0. The fourth-order valence-electron chi connectivity index (χ4n) is 2.69. The van der Waals surface area contributed by atoms with Crippen molar-refractivity contribution >= 4 is 11.9 Å². The Kier molecular flexibility index (Phi) is 6.51. The molecule has 0 spiro atoms. The Morgan fingerprint density at radius 3 is 2.75 bits per heavy atom. The smallest absolute Gasteiger partial charge is 0.270 e. The number of amides is 1. The van der Waals surface area contributed by atoms with Gasteiger partial charge in [0.25, 0.3) is 5.91 Å². The number of carbonyl (C=O) groups is 1. The molecule has 2 aromatic heterocycles. The molecule has 2 N–H and O–H groups in total. The van der Waals surface area contributed by atoms with E-state index in [1.165, 1.54) is 0 Å². The number of hydrogen-bond donors (Lipinski definition) is 2. The molecule has 2 heterocycles. The lowest BCUT2D eigenvalue weighted by atomic mass is 10.1. The predicted molar refractivity (Wildman–Crippen MR) is 107 cm³/mol. The van der Waals surface area contributed by atoms with E-state index >= 15 is 0 Å². The molecule has 7 heteroatoms. The summed E-state index contributed by atoms with van der Waals surface area (Å²) >= 11 is 0. The third-order valence-corrected chi connectivity index (χ3v) is 4.09. The summed E-state index contributed by atoms with van der Waals surface area (Å²) in [5.41, 5.74) is 3.14. The average molecular weight is 377 g/mol. The molecule has 0 atom stereocenters. The van der Waals surface area contributed by atoms with E-state index in [4.69, 9.17) is 4.74 Å². The van der Waals surface area contributed by atoms with Gasteiger partial charge in [0.05, 0.1) is 7.11 Å². The third kappa shape index (κ3) is 5.51. The van der Waals surface area contributed by atoms with Crippen molar-refractivity contribution in [3.63, 3.8) is 0 Å². The van der Waals surface area contributed by atoms with Gasteiger partial charge in [0.15, 0.2) is 0 Å². The minimum Gasteiger partial charge on any atom is -0.497 e. The average Bonchev–Trinajstić information content (AvgIpc) is 2.72. The molecule has 0 fully saturated rings. The third-order valence-electron chi connectivity index (χ3n) is 4.09. The van der Waals surface area contributed by atoms with Gasteiger partial charge in [-0.1, -0.05) is 18.2 Å². The normalized spacial score (nSPS) is 10.4. The predicted octanol–water partition coefficient (Wildman–Crippen LogP) is 2.77. The largest absolute Gasteiger partial charge is 0.497 e. The number of aromatic nitrogens is 3. The van der Waals surface area contributed by atoms with Gasteiger partial charge in [0.2, 0.25) is 5.95 Å². The summed E-state index contributed by atoms with van der Waals surface area (Å²) in [6.45, 7) is 2.88. The van der Waals surface area contributed by atoms with Gasteiger partial charge in [-0.3, -0.25) is 9.78 Å². The van der Waals surface area contributed by atoms with Crippen LogP contribution in [0.25, 0.3) is 0 Å². The lowest BCUT2D eigenvalue weighted by Crippen LogP contribution is -2.24. The van der Waals surface area contributed by atoms with E-state index in [-0.39, 0.29) is 5.91 Å². The van der Waals surface area contributed by atoms with Gasteiger partial charge >= 0.3 is 0 Å². The summed E-state index contributed by atoms with van der Waals surface area (Å²) in [5.74, 6) is 1.02. The van der Waals surface area contributed by atoms with E-state index in [1.54, 1.807) is 25.6 Å². The molecular weight excluding hydrogens is 354 g/mol. The summed E-state index contributed by atoms with van der Waals surface area (Å²) in [6.07, 6.45) is 4.21. The van der Waals surface area contributed by atoms with Crippen LogP contribution in [-0.4, -0.2) is 34.5 Å². The Bertz CT molecular complexity index is 931. The van der Waals surface area contributed by atoms with Crippen LogP contribution in [0.4, 0.5) is 5.95 Å². The number of carbonyl (C=O) groups excluding carboxylic acids is 1. The van der Waals surface area contributed by atoms with Crippen LogP contribution in [0.2, 0.25) is 0 Å². The molecule has 7 nitrogen and oxygen atoms in total. The SMILES string of the molecule is COc1cccc(CCNc2nc(C)cc(C(=O)NCc3cccnc3)n2)c1. The van der Waals surface area contributed by atoms with Crippen LogP contribution in [0.1, 0.15) is 27.3 Å². The van der Waals surface area contributed by atoms with E-state index in [0.717, 1.165) is 29.0 Å². The van der Waals surface area contributed by atoms with E-state index < -0.39 is 0 Å². The van der Waals surface area contributed by atoms with Crippen molar-refractivity contribution in [1.29, 1.82) is 0 Å². The Morgan fingerprint density at radius 2 is 1.96 bits per heavy atom. The highest BCUT2D eigenvalue weighted by molar-refractivity contribution is 5.92. The van der Waals surface area contributed by atoms with Crippen molar-refractivity contribution < 1.29 is 9.53 Å². The van der Waals surface area contributed by atoms with Crippen molar-refractivity contribution in [2.45, 2.75) is 19.9 Å². The maximum atomic E-state index is 12.4. The molecule has 0 bridgehead atoms. The number of nitrogens with zero attached hydrogens (tertiary/aromatic N) is 3. The van der Waals surface area contributed by atoms with Crippen molar-refractivity contribution in [1.82, 2.24) is 20.3 Å². The number of pyridine rings is 1. The molecule has 0 aliphatic rings. The number of hydrogen-bond acceptors (Lipinski definition) is 6. The first-order valence-electron chi connectivity index (χ1n) is 9.03. The molecule has 0 aliphatic carbocycles. The summed E-state index contributed by atoms with van der Waals surface area (Å²) < 4.78 is 5.24. The summed E-state index contributed by atoms with van der Waals surface area (Å²) in [7, 11) is 1.65. The van der Waals surface area contributed by atoms with Crippen molar-refractivity contribution in [3.8, 4) is 5.75 Å². The Balaban J connectivity index is 1.58. The van der Waals surface area contributed by atoms with Gasteiger partial charge in [0, 0.05) is 31.2 Å². The van der Waals surface area contributed by atoms with Crippen LogP contribution in [-0.2, 0) is 13.0 Å². The Labute approximate surface area is 164 Å². The molecule has 0 unspecified atom stereocenters. The lowest BCUT2D eigenvalue weighted by Gasteiger charge is -2.09.